The summed E-state index contributed by atoms with van der Waals surface area (Å²) in [6.07, 6.45) is 1.19. The van der Waals surface area contributed by atoms with Gasteiger partial charge in [0.25, 0.3) is 0 Å². The van der Waals surface area contributed by atoms with Crippen LogP contribution in [0.25, 0.3) is 0 Å². The van der Waals surface area contributed by atoms with Gasteiger partial charge in [0.2, 0.25) is 0 Å². The van der Waals surface area contributed by atoms with Crippen molar-refractivity contribution >= 4 is 23.2 Å². The summed E-state index contributed by atoms with van der Waals surface area (Å²) in [4.78, 5) is 0. The maximum Gasteiger partial charge on any atom is 0.0595 e. The fourth-order valence-corrected chi connectivity index (χ4v) is 2.38. The summed E-state index contributed by atoms with van der Waals surface area (Å²) in [7, 11) is 0. The summed E-state index contributed by atoms with van der Waals surface area (Å²) in [6, 6.07) is 5.74. The van der Waals surface area contributed by atoms with Crippen LogP contribution < -0.4 is 5.73 Å². The van der Waals surface area contributed by atoms with E-state index in [4.69, 9.17) is 28.9 Å². The van der Waals surface area contributed by atoms with Crippen molar-refractivity contribution in [2.24, 2.45) is 17.1 Å². The zero-order chi connectivity index (χ0) is 11.2. The topological polar surface area (TPSA) is 26.0 Å². The van der Waals surface area contributed by atoms with Crippen LogP contribution in [-0.2, 0) is 0 Å². The third-order valence-electron chi connectivity index (χ3n) is 3.35. The lowest BCUT2D eigenvalue weighted by Crippen LogP contribution is -2.15. The molecule has 2 atom stereocenters. The Morgan fingerprint density at radius 2 is 1.93 bits per heavy atom. The fourth-order valence-electron chi connectivity index (χ4n) is 2.07. The molecule has 1 fully saturated rings. The van der Waals surface area contributed by atoms with Crippen molar-refractivity contribution in [2.75, 3.05) is 0 Å². The number of halogens is 2. The second kappa shape index (κ2) is 3.65. The van der Waals surface area contributed by atoms with Gasteiger partial charge >= 0.3 is 0 Å². The summed E-state index contributed by atoms with van der Waals surface area (Å²) in [5.41, 5.74) is 7.66. The maximum atomic E-state index is 6.19. The predicted octanol–water partition coefficient (Wildman–Crippen LogP) is 4.04. The van der Waals surface area contributed by atoms with E-state index in [1.165, 1.54) is 6.42 Å². The van der Waals surface area contributed by atoms with Gasteiger partial charge in [0.1, 0.15) is 0 Å². The minimum Gasteiger partial charge on any atom is -0.324 e. The van der Waals surface area contributed by atoms with Crippen molar-refractivity contribution in [3.8, 4) is 0 Å². The summed E-state index contributed by atoms with van der Waals surface area (Å²) < 4.78 is 0. The van der Waals surface area contributed by atoms with Crippen LogP contribution in [0, 0.1) is 11.3 Å². The van der Waals surface area contributed by atoms with Gasteiger partial charge in [-0.2, -0.15) is 0 Å². The zero-order valence-corrected chi connectivity index (χ0v) is 10.4. The summed E-state index contributed by atoms with van der Waals surface area (Å²) >= 11 is 11.8. The molecule has 0 heterocycles. The predicted molar refractivity (Wildman–Crippen MR) is 65.3 cm³/mol. The first-order chi connectivity index (χ1) is 6.92. The highest BCUT2D eigenvalue weighted by Gasteiger charge is 2.49. The van der Waals surface area contributed by atoms with Crippen molar-refractivity contribution in [2.45, 2.75) is 26.3 Å². The second-order valence-electron chi connectivity index (χ2n) is 5.00. The average molecular weight is 244 g/mol. The Bertz CT molecular complexity index is 387. The Morgan fingerprint density at radius 1 is 1.33 bits per heavy atom. The van der Waals surface area contributed by atoms with E-state index in [9.17, 15) is 0 Å². The van der Waals surface area contributed by atoms with Gasteiger partial charge in [-0.3, -0.25) is 0 Å². The van der Waals surface area contributed by atoms with Gasteiger partial charge < -0.3 is 5.73 Å². The van der Waals surface area contributed by atoms with Crippen molar-refractivity contribution in [1.82, 2.24) is 0 Å². The number of nitrogens with two attached hydrogens (primary N) is 1. The zero-order valence-electron chi connectivity index (χ0n) is 8.93. The molecule has 1 saturated carbocycles. The van der Waals surface area contributed by atoms with Crippen molar-refractivity contribution < 1.29 is 0 Å². The van der Waals surface area contributed by atoms with Crippen molar-refractivity contribution in [1.29, 1.82) is 0 Å². The van der Waals surface area contributed by atoms with E-state index in [0.717, 1.165) is 5.56 Å². The van der Waals surface area contributed by atoms with E-state index in [0.29, 0.717) is 21.4 Å². The second-order valence-corrected chi connectivity index (χ2v) is 5.81. The number of rotatable bonds is 2. The van der Waals surface area contributed by atoms with Gasteiger partial charge in [-0.05, 0) is 35.4 Å². The molecule has 82 valence electrons. The Morgan fingerprint density at radius 3 is 2.40 bits per heavy atom. The molecular weight excluding hydrogens is 229 g/mol. The summed E-state index contributed by atoms with van der Waals surface area (Å²) in [6.45, 7) is 4.49. The van der Waals surface area contributed by atoms with E-state index in [1.807, 2.05) is 18.2 Å². The molecule has 2 N–H and O–H groups in total. The van der Waals surface area contributed by atoms with Crippen LogP contribution in [0.1, 0.15) is 31.9 Å². The molecule has 1 aromatic rings. The van der Waals surface area contributed by atoms with E-state index in [-0.39, 0.29) is 6.04 Å². The van der Waals surface area contributed by atoms with Crippen LogP contribution in [0.4, 0.5) is 0 Å². The van der Waals surface area contributed by atoms with E-state index < -0.39 is 0 Å². The molecule has 3 heteroatoms. The van der Waals surface area contributed by atoms with Gasteiger partial charge in [0, 0.05) is 6.04 Å². The van der Waals surface area contributed by atoms with Crippen LogP contribution in [0.5, 0.6) is 0 Å². The highest BCUT2D eigenvalue weighted by atomic mass is 35.5. The highest BCUT2D eigenvalue weighted by Crippen LogP contribution is 2.57. The molecule has 1 aliphatic rings. The third kappa shape index (κ3) is 2.15. The highest BCUT2D eigenvalue weighted by molar-refractivity contribution is 6.42. The lowest BCUT2D eigenvalue weighted by Gasteiger charge is -2.14. The molecular formula is C12H15Cl2N. The molecule has 0 amide bonds. The number of hydrogen-bond acceptors (Lipinski definition) is 1. The SMILES string of the molecule is CC1(C)CC1C(N)c1ccc(Cl)c(Cl)c1. The van der Waals surface area contributed by atoms with Gasteiger partial charge in [0.15, 0.2) is 0 Å². The Labute approximate surface area is 101 Å². The lowest BCUT2D eigenvalue weighted by molar-refractivity contribution is 0.491. The maximum absolute atomic E-state index is 6.19. The third-order valence-corrected chi connectivity index (χ3v) is 4.09. The van der Waals surface area contributed by atoms with Crippen LogP contribution in [0.15, 0.2) is 18.2 Å². The molecule has 1 nitrogen and oxygen atoms in total. The Kier molecular flexibility index (Phi) is 2.74. The molecule has 1 aromatic carbocycles. The molecule has 0 aromatic heterocycles. The van der Waals surface area contributed by atoms with Gasteiger partial charge in [-0.1, -0.05) is 43.1 Å². The average Bonchev–Trinajstić information content (AvgIpc) is 2.79. The lowest BCUT2D eigenvalue weighted by atomic mass is 9.98. The van der Waals surface area contributed by atoms with Crippen molar-refractivity contribution in [3.63, 3.8) is 0 Å². The molecule has 1 aliphatic carbocycles. The first-order valence-electron chi connectivity index (χ1n) is 5.12. The quantitative estimate of drug-likeness (QED) is 0.834. The van der Waals surface area contributed by atoms with Gasteiger partial charge in [-0.25, -0.2) is 0 Å². The minimum atomic E-state index is 0.0785. The van der Waals surface area contributed by atoms with E-state index >= 15 is 0 Å². The normalized spacial score (nSPS) is 25.0. The Hall–Kier alpha value is -0.240. The molecule has 2 unspecified atom stereocenters. The first kappa shape index (κ1) is 11.3. The minimum absolute atomic E-state index is 0.0785. The molecule has 0 aliphatic heterocycles. The van der Waals surface area contributed by atoms with Gasteiger partial charge in [0.05, 0.1) is 10.0 Å². The molecule has 0 radical (unpaired) electrons. The molecule has 0 saturated heterocycles. The monoisotopic (exact) mass is 243 g/mol. The molecule has 15 heavy (non-hydrogen) atoms. The standard InChI is InChI=1S/C12H15Cl2N/c1-12(2)6-8(12)11(15)7-3-4-9(13)10(14)5-7/h3-5,8,11H,6,15H2,1-2H3. The van der Waals surface area contributed by atoms with E-state index in [1.54, 1.807) is 0 Å². The summed E-state index contributed by atoms with van der Waals surface area (Å²) in [5, 5.41) is 1.17. The first-order valence-corrected chi connectivity index (χ1v) is 5.88. The number of benzene rings is 1. The Balaban J connectivity index is 2.20. The van der Waals surface area contributed by atoms with Crippen LogP contribution in [0.3, 0.4) is 0 Å². The molecule has 0 bridgehead atoms. The molecule has 2 rings (SSSR count). The summed E-state index contributed by atoms with van der Waals surface area (Å²) in [5.74, 6) is 0.565. The van der Waals surface area contributed by atoms with Crippen LogP contribution in [-0.4, -0.2) is 0 Å². The van der Waals surface area contributed by atoms with Crippen molar-refractivity contribution in [3.05, 3.63) is 33.8 Å². The largest absolute Gasteiger partial charge is 0.324 e. The van der Waals surface area contributed by atoms with Gasteiger partial charge in [-0.15, -0.1) is 0 Å². The smallest absolute Gasteiger partial charge is 0.0595 e. The van der Waals surface area contributed by atoms with Crippen LogP contribution >= 0.6 is 23.2 Å². The fraction of sp³-hybridized carbons (Fsp3) is 0.500. The van der Waals surface area contributed by atoms with Crippen LogP contribution in [0.2, 0.25) is 10.0 Å². The number of hydrogen-bond donors (Lipinski definition) is 1. The van der Waals surface area contributed by atoms with E-state index in [2.05, 4.69) is 13.8 Å². The molecule has 0 spiro atoms.